The van der Waals surface area contributed by atoms with Gasteiger partial charge in [-0.1, -0.05) is 17.4 Å². The first-order chi connectivity index (χ1) is 12.3. The van der Waals surface area contributed by atoms with Crippen LogP contribution < -0.4 is 4.74 Å². The van der Waals surface area contributed by atoms with Crippen LogP contribution in [0.4, 0.5) is 0 Å². The molecule has 0 saturated carbocycles. The van der Waals surface area contributed by atoms with Gasteiger partial charge in [0, 0.05) is 43.9 Å². The topological polar surface area (TPSA) is 73.1 Å². The molecule has 1 aliphatic heterocycles. The molecule has 0 bridgehead atoms. The number of hydrogen-bond acceptors (Lipinski definition) is 6. The Morgan fingerprint density at radius 2 is 2.12 bits per heavy atom. The number of nitrogens with zero attached hydrogens (tertiary/aromatic N) is 5. The van der Waals surface area contributed by atoms with E-state index in [4.69, 9.17) is 4.74 Å². The monoisotopic (exact) mass is 355 g/mol. The van der Waals surface area contributed by atoms with Crippen molar-refractivity contribution in [1.29, 1.82) is 0 Å². The number of hydrogen-bond donors (Lipinski definition) is 0. The van der Waals surface area contributed by atoms with Crippen molar-refractivity contribution in [3.05, 3.63) is 53.8 Å². The first-order valence-corrected chi connectivity index (χ1v) is 9.00. The Kier molecular flexibility index (Phi) is 4.43. The summed E-state index contributed by atoms with van der Waals surface area (Å²) in [4.78, 5) is 14.7. The van der Waals surface area contributed by atoms with E-state index in [1.807, 2.05) is 41.4 Å². The Bertz CT molecular complexity index is 827. The van der Waals surface area contributed by atoms with E-state index in [0.717, 1.165) is 18.5 Å². The summed E-state index contributed by atoms with van der Waals surface area (Å²) < 4.78 is 7.54. The van der Waals surface area contributed by atoms with Gasteiger partial charge in [-0.3, -0.25) is 4.79 Å². The summed E-state index contributed by atoms with van der Waals surface area (Å²) in [5, 5.41) is 12.5. The van der Waals surface area contributed by atoms with Gasteiger partial charge < -0.3 is 9.64 Å². The van der Waals surface area contributed by atoms with Gasteiger partial charge >= 0.3 is 0 Å². The molecule has 0 atom stereocenters. The molecule has 0 spiro atoms. The highest BCUT2D eigenvalue weighted by atomic mass is 32.1. The van der Waals surface area contributed by atoms with Crippen molar-refractivity contribution in [2.24, 2.45) is 0 Å². The number of rotatable bonds is 4. The first-order valence-electron chi connectivity index (χ1n) is 8.12. The lowest BCUT2D eigenvalue weighted by Crippen LogP contribution is -2.41. The zero-order valence-corrected chi connectivity index (χ0v) is 14.3. The molecular formula is C17H17N5O2S. The van der Waals surface area contributed by atoms with E-state index in [2.05, 4.69) is 15.3 Å². The summed E-state index contributed by atoms with van der Waals surface area (Å²) in [6.45, 7) is 1.35. The molecule has 8 heteroatoms. The van der Waals surface area contributed by atoms with Crippen molar-refractivity contribution in [3.8, 4) is 10.9 Å². The van der Waals surface area contributed by atoms with Gasteiger partial charge in [0.2, 0.25) is 0 Å². The number of aromatic nitrogens is 4. The lowest BCUT2D eigenvalue weighted by Gasteiger charge is -2.31. The molecule has 0 aliphatic carbocycles. The fraction of sp³-hybridized carbons (Fsp3) is 0.294. The summed E-state index contributed by atoms with van der Waals surface area (Å²) in [6, 6.07) is 9.40. The lowest BCUT2D eigenvalue weighted by molar-refractivity contribution is 0.0594. The van der Waals surface area contributed by atoms with Crippen molar-refractivity contribution >= 4 is 17.2 Å². The zero-order chi connectivity index (χ0) is 17.1. The van der Waals surface area contributed by atoms with E-state index >= 15 is 0 Å². The minimum absolute atomic E-state index is 0.0448. The molecule has 0 N–H and O–H groups in total. The SMILES string of the molecule is O=C(c1cccc(-n2cccn2)c1)N1CCC(Oc2nncs2)CC1. The van der Waals surface area contributed by atoms with Crippen LogP contribution >= 0.6 is 11.3 Å². The van der Waals surface area contributed by atoms with Crippen LogP contribution in [0, 0.1) is 0 Å². The number of likely N-dealkylation sites (tertiary alicyclic amines) is 1. The molecule has 0 unspecified atom stereocenters. The Hall–Kier alpha value is -2.74. The second-order valence-corrected chi connectivity index (χ2v) is 6.61. The van der Waals surface area contributed by atoms with Gasteiger partial charge in [0.25, 0.3) is 11.1 Å². The second-order valence-electron chi connectivity index (χ2n) is 5.82. The van der Waals surface area contributed by atoms with Gasteiger partial charge in [-0.05, 0) is 24.3 Å². The molecule has 3 aromatic rings. The Morgan fingerprint density at radius 3 is 2.84 bits per heavy atom. The van der Waals surface area contributed by atoms with Gasteiger partial charge in [0.15, 0.2) is 0 Å². The number of carbonyl (C=O) groups excluding carboxylic acids is 1. The fourth-order valence-electron chi connectivity index (χ4n) is 2.92. The van der Waals surface area contributed by atoms with E-state index in [1.165, 1.54) is 11.3 Å². The van der Waals surface area contributed by atoms with Crippen molar-refractivity contribution in [2.45, 2.75) is 18.9 Å². The normalized spacial score (nSPS) is 15.3. The molecule has 2 aromatic heterocycles. The standard InChI is InChI=1S/C17H17N5O2S/c23-16(13-3-1-4-14(11-13)22-8-2-7-19-22)21-9-5-15(6-10-21)24-17-20-18-12-25-17/h1-4,7-8,11-12,15H,5-6,9-10H2. The highest BCUT2D eigenvalue weighted by Crippen LogP contribution is 2.21. The minimum atomic E-state index is 0.0448. The van der Waals surface area contributed by atoms with Crippen LogP contribution in [0.3, 0.4) is 0 Å². The summed E-state index contributed by atoms with van der Waals surface area (Å²) in [5.74, 6) is 0.0448. The van der Waals surface area contributed by atoms with Crippen LogP contribution in [0.2, 0.25) is 0 Å². The molecule has 1 fully saturated rings. The fourth-order valence-corrected chi connectivity index (χ4v) is 3.39. The first kappa shape index (κ1) is 15.8. The molecular weight excluding hydrogens is 338 g/mol. The van der Waals surface area contributed by atoms with Crippen LogP contribution in [0.25, 0.3) is 5.69 Å². The third kappa shape index (κ3) is 3.53. The summed E-state index contributed by atoms with van der Waals surface area (Å²) in [6.07, 6.45) is 5.26. The van der Waals surface area contributed by atoms with E-state index in [-0.39, 0.29) is 12.0 Å². The number of carbonyl (C=O) groups is 1. The van der Waals surface area contributed by atoms with Gasteiger partial charge in [-0.25, -0.2) is 4.68 Å². The number of piperidine rings is 1. The molecule has 0 radical (unpaired) electrons. The summed E-state index contributed by atoms with van der Waals surface area (Å²) >= 11 is 1.39. The van der Waals surface area contributed by atoms with E-state index in [0.29, 0.717) is 23.8 Å². The van der Waals surface area contributed by atoms with Crippen molar-refractivity contribution in [1.82, 2.24) is 24.9 Å². The predicted octanol–water partition coefficient (Wildman–Crippen LogP) is 2.41. The van der Waals surface area contributed by atoms with Crippen LogP contribution in [-0.2, 0) is 0 Å². The maximum Gasteiger partial charge on any atom is 0.294 e. The van der Waals surface area contributed by atoms with Crippen LogP contribution in [-0.4, -0.2) is 50.0 Å². The van der Waals surface area contributed by atoms with Crippen LogP contribution in [0.1, 0.15) is 23.2 Å². The third-order valence-corrected chi connectivity index (χ3v) is 4.78. The molecule has 1 aromatic carbocycles. The van der Waals surface area contributed by atoms with Crippen LogP contribution in [0.15, 0.2) is 48.2 Å². The molecule has 4 rings (SSSR count). The van der Waals surface area contributed by atoms with E-state index in [9.17, 15) is 4.79 Å². The molecule has 128 valence electrons. The Labute approximate surface area is 148 Å². The third-order valence-electron chi connectivity index (χ3n) is 4.20. The Balaban J connectivity index is 1.40. The zero-order valence-electron chi connectivity index (χ0n) is 13.5. The average molecular weight is 355 g/mol. The molecule has 25 heavy (non-hydrogen) atoms. The minimum Gasteiger partial charge on any atom is -0.465 e. The van der Waals surface area contributed by atoms with Crippen molar-refractivity contribution < 1.29 is 9.53 Å². The molecule has 1 aliphatic rings. The van der Waals surface area contributed by atoms with E-state index < -0.39 is 0 Å². The summed E-state index contributed by atoms with van der Waals surface area (Å²) in [7, 11) is 0. The lowest BCUT2D eigenvalue weighted by atomic mass is 10.1. The van der Waals surface area contributed by atoms with Crippen molar-refractivity contribution in [2.75, 3.05) is 13.1 Å². The molecule has 1 amide bonds. The maximum absolute atomic E-state index is 12.8. The number of amides is 1. The smallest absolute Gasteiger partial charge is 0.294 e. The predicted molar refractivity (Wildman–Crippen MR) is 93.0 cm³/mol. The molecule has 3 heterocycles. The second kappa shape index (κ2) is 7.02. The van der Waals surface area contributed by atoms with Crippen molar-refractivity contribution in [3.63, 3.8) is 0 Å². The number of benzene rings is 1. The van der Waals surface area contributed by atoms with Gasteiger partial charge in [-0.15, -0.1) is 10.2 Å². The highest BCUT2D eigenvalue weighted by Gasteiger charge is 2.25. The highest BCUT2D eigenvalue weighted by molar-refractivity contribution is 7.11. The number of ether oxygens (including phenoxy) is 1. The Morgan fingerprint density at radius 1 is 1.24 bits per heavy atom. The maximum atomic E-state index is 12.8. The summed E-state index contributed by atoms with van der Waals surface area (Å²) in [5.41, 5.74) is 3.21. The quantitative estimate of drug-likeness (QED) is 0.718. The van der Waals surface area contributed by atoms with Gasteiger partial charge in [-0.2, -0.15) is 5.10 Å². The van der Waals surface area contributed by atoms with E-state index in [1.54, 1.807) is 16.4 Å². The van der Waals surface area contributed by atoms with Gasteiger partial charge in [0.1, 0.15) is 11.6 Å². The molecule has 1 saturated heterocycles. The van der Waals surface area contributed by atoms with Gasteiger partial charge in [0.05, 0.1) is 5.69 Å². The van der Waals surface area contributed by atoms with Crippen LogP contribution in [0.5, 0.6) is 5.19 Å². The average Bonchev–Trinajstić information content (AvgIpc) is 3.36. The largest absolute Gasteiger partial charge is 0.465 e. The molecule has 7 nitrogen and oxygen atoms in total.